The molecule has 27 heavy (non-hydrogen) atoms. The molecule has 140 valence electrons. The maximum Gasteiger partial charge on any atom is 0.212 e. The highest BCUT2D eigenvalue weighted by Gasteiger charge is 2.07. The van der Waals surface area contributed by atoms with Crippen LogP contribution in [0.15, 0.2) is 59.0 Å². The summed E-state index contributed by atoms with van der Waals surface area (Å²) in [6.45, 7) is 2.51. The van der Waals surface area contributed by atoms with Crippen molar-refractivity contribution in [2.24, 2.45) is 5.10 Å². The molecule has 8 heteroatoms. The number of ether oxygens (including phenoxy) is 2. The molecule has 0 saturated heterocycles. The molecule has 0 bridgehead atoms. The van der Waals surface area contributed by atoms with Gasteiger partial charge in [-0.15, -0.1) is 10.2 Å². The Balaban J connectivity index is 1.71. The Hall–Kier alpha value is -2.51. The van der Waals surface area contributed by atoms with Crippen LogP contribution in [0.2, 0.25) is 5.02 Å². The first kappa shape index (κ1) is 19.3. The molecular formula is C19H19ClN4O2S. The summed E-state index contributed by atoms with van der Waals surface area (Å²) >= 11 is 7.72. The summed E-state index contributed by atoms with van der Waals surface area (Å²) in [5.74, 6) is 2.06. The summed E-state index contributed by atoms with van der Waals surface area (Å²) in [5.41, 5.74) is 1.92. The van der Waals surface area contributed by atoms with Gasteiger partial charge in [-0.25, -0.2) is 0 Å². The topological polar surface area (TPSA) is 61.5 Å². The zero-order valence-electron chi connectivity index (χ0n) is 15.0. The molecule has 0 atom stereocenters. The first-order chi connectivity index (χ1) is 13.2. The second-order valence-corrected chi connectivity index (χ2v) is 6.78. The minimum absolute atomic E-state index is 0.580. The van der Waals surface area contributed by atoms with Crippen molar-refractivity contribution in [3.8, 4) is 11.5 Å². The number of thioether (sulfide) groups is 1. The van der Waals surface area contributed by atoms with Crippen molar-refractivity contribution >= 4 is 29.6 Å². The van der Waals surface area contributed by atoms with Gasteiger partial charge in [0.05, 0.1) is 19.9 Å². The molecule has 0 fully saturated rings. The number of methoxy groups -OCH3 is 1. The molecule has 2 aromatic carbocycles. The van der Waals surface area contributed by atoms with Crippen molar-refractivity contribution in [1.82, 2.24) is 14.9 Å². The number of halogens is 1. The Morgan fingerprint density at radius 1 is 1.22 bits per heavy atom. The van der Waals surface area contributed by atoms with Gasteiger partial charge in [0, 0.05) is 10.8 Å². The summed E-state index contributed by atoms with van der Waals surface area (Å²) in [7, 11) is 1.61. The lowest BCUT2D eigenvalue weighted by Crippen LogP contribution is -1.97. The fraction of sp³-hybridized carbons (Fsp3) is 0.211. The van der Waals surface area contributed by atoms with Gasteiger partial charge in [-0.05, 0) is 42.3 Å². The Labute approximate surface area is 167 Å². The van der Waals surface area contributed by atoms with Gasteiger partial charge in [0.2, 0.25) is 5.16 Å². The molecule has 0 aliphatic carbocycles. The van der Waals surface area contributed by atoms with Crippen LogP contribution in [0.1, 0.15) is 18.1 Å². The SMILES string of the molecule is CCOc1ccc(/C=N/n2cnnc2SCc2ccccc2Cl)cc1OC. The second kappa shape index (κ2) is 9.43. The molecule has 0 amide bonds. The van der Waals surface area contributed by atoms with Crippen molar-refractivity contribution in [2.75, 3.05) is 13.7 Å². The highest BCUT2D eigenvalue weighted by atomic mass is 35.5. The predicted octanol–water partition coefficient (Wildman–Crippen LogP) is 4.51. The fourth-order valence-electron chi connectivity index (χ4n) is 2.32. The number of aromatic nitrogens is 3. The standard InChI is InChI=1S/C19H19ClN4O2S/c1-3-26-17-9-8-14(10-18(17)25-2)11-22-24-13-21-23-19(24)27-12-15-6-4-5-7-16(15)20/h4-11,13H,3,12H2,1-2H3/b22-11+. The van der Waals surface area contributed by atoms with Crippen LogP contribution in [-0.2, 0) is 5.75 Å². The smallest absolute Gasteiger partial charge is 0.212 e. The largest absolute Gasteiger partial charge is 0.493 e. The molecule has 0 radical (unpaired) electrons. The number of rotatable bonds is 8. The number of hydrogen-bond donors (Lipinski definition) is 0. The van der Waals surface area contributed by atoms with Crippen LogP contribution < -0.4 is 9.47 Å². The maximum atomic E-state index is 6.20. The summed E-state index contributed by atoms with van der Waals surface area (Å²) < 4.78 is 12.5. The third kappa shape index (κ3) is 5.02. The van der Waals surface area contributed by atoms with E-state index in [0.29, 0.717) is 29.0 Å². The van der Waals surface area contributed by atoms with Gasteiger partial charge in [0.25, 0.3) is 0 Å². The molecule has 1 heterocycles. The van der Waals surface area contributed by atoms with E-state index in [9.17, 15) is 0 Å². The molecule has 0 saturated carbocycles. The van der Waals surface area contributed by atoms with E-state index >= 15 is 0 Å². The predicted molar refractivity (Wildman–Crippen MR) is 108 cm³/mol. The summed E-state index contributed by atoms with van der Waals surface area (Å²) in [6.07, 6.45) is 3.29. The molecule has 0 N–H and O–H groups in total. The van der Waals surface area contributed by atoms with Crippen molar-refractivity contribution in [2.45, 2.75) is 17.8 Å². The summed E-state index contributed by atoms with van der Waals surface area (Å²) in [5, 5.41) is 13.9. The van der Waals surface area contributed by atoms with Crippen molar-refractivity contribution in [3.05, 3.63) is 64.9 Å². The van der Waals surface area contributed by atoms with Crippen LogP contribution in [-0.4, -0.2) is 34.8 Å². The average Bonchev–Trinajstić information content (AvgIpc) is 3.14. The van der Waals surface area contributed by atoms with Gasteiger partial charge in [0.1, 0.15) is 6.33 Å². The van der Waals surface area contributed by atoms with E-state index in [1.54, 1.807) is 24.3 Å². The summed E-state index contributed by atoms with van der Waals surface area (Å²) in [4.78, 5) is 0. The monoisotopic (exact) mass is 402 g/mol. The number of nitrogens with zero attached hydrogens (tertiary/aromatic N) is 4. The third-order valence-electron chi connectivity index (χ3n) is 3.63. The van der Waals surface area contributed by atoms with Gasteiger partial charge in [0.15, 0.2) is 11.5 Å². The van der Waals surface area contributed by atoms with E-state index in [1.807, 2.05) is 49.4 Å². The minimum atomic E-state index is 0.580. The Morgan fingerprint density at radius 2 is 2.07 bits per heavy atom. The quantitative estimate of drug-likeness (QED) is 0.409. The minimum Gasteiger partial charge on any atom is -0.493 e. The molecule has 0 aliphatic heterocycles. The van der Waals surface area contributed by atoms with E-state index in [1.165, 1.54) is 11.8 Å². The first-order valence-electron chi connectivity index (χ1n) is 8.32. The molecule has 1 aromatic heterocycles. The Morgan fingerprint density at radius 3 is 2.85 bits per heavy atom. The first-order valence-corrected chi connectivity index (χ1v) is 9.69. The van der Waals surface area contributed by atoms with E-state index in [2.05, 4.69) is 15.3 Å². The van der Waals surface area contributed by atoms with Crippen molar-refractivity contribution in [3.63, 3.8) is 0 Å². The third-order valence-corrected chi connectivity index (χ3v) is 4.98. The number of benzene rings is 2. The van der Waals surface area contributed by atoms with Crippen LogP contribution in [0.5, 0.6) is 11.5 Å². The van der Waals surface area contributed by atoms with Crippen molar-refractivity contribution < 1.29 is 9.47 Å². The zero-order valence-corrected chi connectivity index (χ0v) is 16.6. The lowest BCUT2D eigenvalue weighted by molar-refractivity contribution is 0.311. The van der Waals surface area contributed by atoms with Gasteiger partial charge in [-0.1, -0.05) is 41.6 Å². The molecule has 0 aliphatic rings. The van der Waals surface area contributed by atoms with Crippen LogP contribution in [0.3, 0.4) is 0 Å². The molecule has 6 nitrogen and oxygen atoms in total. The Bertz CT molecular complexity index is 930. The van der Waals surface area contributed by atoms with Gasteiger partial charge in [-0.3, -0.25) is 0 Å². The normalized spacial score (nSPS) is 11.1. The molecular weight excluding hydrogens is 384 g/mol. The fourth-order valence-corrected chi connectivity index (χ4v) is 3.47. The van der Waals surface area contributed by atoms with Crippen molar-refractivity contribution in [1.29, 1.82) is 0 Å². The number of hydrogen-bond acceptors (Lipinski definition) is 6. The van der Waals surface area contributed by atoms with Gasteiger partial charge < -0.3 is 9.47 Å². The Kier molecular flexibility index (Phi) is 6.73. The van der Waals surface area contributed by atoms with Crippen LogP contribution in [0, 0.1) is 0 Å². The highest BCUT2D eigenvalue weighted by Crippen LogP contribution is 2.28. The lowest BCUT2D eigenvalue weighted by atomic mass is 10.2. The van der Waals surface area contributed by atoms with Crippen LogP contribution in [0.25, 0.3) is 0 Å². The maximum absolute atomic E-state index is 6.20. The van der Waals surface area contributed by atoms with E-state index < -0.39 is 0 Å². The van der Waals surface area contributed by atoms with Gasteiger partial charge in [-0.2, -0.15) is 9.78 Å². The van der Waals surface area contributed by atoms with Crippen LogP contribution in [0.4, 0.5) is 0 Å². The zero-order chi connectivity index (χ0) is 19.1. The van der Waals surface area contributed by atoms with E-state index in [4.69, 9.17) is 21.1 Å². The van der Waals surface area contributed by atoms with E-state index in [0.717, 1.165) is 16.1 Å². The lowest BCUT2D eigenvalue weighted by Gasteiger charge is -2.09. The van der Waals surface area contributed by atoms with Crippen LogP contribution >= 0.6 is 23.4 Å². The van der Waals surface area contributed by atoms with Gasteiger partial charge >= 0.3 is 0 Å². The second-order valence-electron chi connectivity index (χ2n) is 5.43. The average molecular weight is 403 g/mol. The molecule has 3 aromatic rings. The summed E-state index contributed by atoms with van der Waals surface area (Å²) in [6, 6.07) is 13.4. The molecule has 3 rings (SSSR count). The van der Waals surface area contributed by atoms with E-state index in [-0.39, 0.29) is 0 Å². The molecule has 0 spiro atoms. The molecule has 0 unspecified atom stereocenters. The highest BCUT2D eigenvalue weighted by molar-refractivity contribution is 7.98.